The highest BCUT2D eigenvalue weighted by Crippen LogP contribution is 2.37. The molecule has 3 N–H and O–H groups in total. The number of rotatable bonds is 14. The van der Waals surface area contributed by atoms with E-state index in [9.17, 15) is 19.8 Å². The predicted octanol–water partition coefficient (Wildman–Crippen LogP) is 5.05. The number of carbonyl (C=O) groups excluding carboxylic acids is 2. The number of benzene rings is 3. The number of aliphatic hydroxyl groups excluding tert-OH is 2. The number of hydrogen-bond acceptors (Lipinski definition) is 8. The first-order valence-corrected chi connectivity index (χ1v) is 17.8. The summed E-state index contributed by atoms with van der Waals surface area (Å²) < 4.78 is 17.1. The van der Waals surface area contributed by atoms with Crippen LogP contribution in [0.3, 0.4) is 0 Å². The summed E-state index contributed by atoms with van der Waals surface area (Å²) in [5.41, 5.74) is 3.09. The second-order valence-electron chi connectivity index (χ2n) is 14.4. The lowest BCUT2D eigenvalue weighted by Gasteiger charge is -2.33. The average Bonchev–Trinajstić information content (AvgIpc) is 3.43. The zero-order valence-electron chi connectivity index (χ0n) is 29.8. The molecule has 0 bridgehead atoms. The van der Waals surface area contributed by atoms with Crippen LogP contribution in [0.5, 0.6) is 5.75 Å². The highest BCUT2D eigenvalue weighted by molar-refractivity contribution is 5.77. The summed E-state index contributed by atoms with van der Waals surface area (Å²) in [6, 6.07) is 24.2. The zero-order chi connectivity index (χ0) is 35.7. The van der Waals surface area contributed by atoms with Crippen LogP contribution in [0.25, 0.3) is 0 Å². The van der Waals surface area contributed by atoms with Crippen LogP contribution in [-0.4, -0.2) is 94.8 Å². The molecule has 5 rings (SSSR count). The van der Waals surface area contributed by atoms with Gasteiger partial charge in [-0.25, -0.2) is 4.79 Å². The fourth-order valence-corrected chi connectivity index (χ4v) is 6.72. The van der Waals surface area contributed by atoms with E-state index in [1.54, 1.807) is 25.7 Å². The number of carbonyl (C=O) groups is 2. The number of ether oxygens (including phenoxy) is 3. The Morgan fingerprint density at radius 1 is 0.980 bits per heavy atom. The van der Waals surface area contributed by atoms with E-state index in [1.165, 1.54) is 0 Å². The molecule has 1 aliphatic carbocycles. The topological polar surface area (TPSA) is 121 Å². The molecule has 0 radical (unpaired) electrons. The van der Waals surface area contributed by atoms with Crippen LogP contribution in [-0.2, 0) is 33.7 Å². The van der Waals surface area contributed by atoms with E-state index in [4.69, 9.17) is 14.2 Å². The zero-order valence-corrected chi connectivity index (χ0v) is 29.8. The van der Waals surface area contributed by atoms with E-state index < -0.39 is 36.0 Å². The Kier molecular flexibility index (Phi) is 12.9. The third kappa shape index (κ3) is 10.5. The number of morpholine rings is 1. The minimum Gasteiger partial charge on any atom is -0.492 e. The molecule has 0 saturated carbocycles. The van der Waals surface area contributed by atoms with Gasteiger partial charge in [0.2, 0.25) is 5.91 Å². The van der Waals surface area contributed by atoms with E-state index >= 15 is 0 Å². The SMILES string of the molecule is CC(COc1ccc(CN(C(=O)CC[C@H](O)[C@H](Cc2ccccc2)NC(=O)OC(C)(C)C)[C@H]2c3ccccc3C[C@H]2O)cc1)N1CCOCC1. The summed E-state index contributed by atoms with van der Waals surface area (Å²) in [7, 11) is 0. The van der Waals surface area contributed by atoms with Gasteiger partial charge in [-0.2, -0.15) is 0 Å². The number of nitrogens with one attached hydrogen (secondary N) is 1. The van der Waals surface area contributed by atoms with E-state index in [0.717, 1.165) is 54.3 Å². The van der Waals surface area contributed by atoms with E-state index in [0.29, 0.717) is 19.4 Å². The molecule has 10 heteroatoms. The minimum absolute atomic E-state index is 0.0223. The molecule has 10 nitrogen and oxygen atoms in total. The number of aliphatic hydroxyl groups is 2. The molecule has 1 saturated heterocycles. The molecule has 270 valence electrons. The van der Waals surface area contributed by atoms with Gasteiger partial charge in [-0.05, 0) is 74.9 Å². The molecule has 3 aromatic rings. The van der Waals surface area contributed by atoms with E-state index in [2.05, 4.69) is 17.1 Å². The summed E-state index contributed by atoms with van der Waals surface area (Å²) in [5.74, 6) is 0.559. The fourth-order valence-electron chi connectivity index (χ4n) is 6.72. The van der Waals surface area contributed by atoms with Crippen LogP contribution in [0.1, 0.15) is 68.8 Å². The van der Waals surface area contributed by atoms with Gasteiger partial charge in [0.25, 0.3) is 0 Å². The van der Waals surface area contributed by atoms with Crippen LogP contribution >= 0.6 is 0 Å². The van der Waals surface area contributed by atoms with Gasteiger partial charge in [0.05, 0.1) is 37.5 Å². The fraction of sp³-hybridized carbons (Fsp3) is 0.500. The molecule has 0 spiro atoms. The smallest absolute Gasteiger partial charge is 0.407 e. The lowest BCUT2D eigenvalue weighted by atomic mass is 9.97. The van der Waals surface area contributed by atoms with E-state index in [-0.39, 0.29) is 31.3 Å². The Bertz CT molecular complexity index is 1520. The first-order valence-electron chi connectivity index (χ1n) is 17.8. The van der Waals surface area contributed by atoms with Crippen molar-refractivity contribution in [2.45, 2.75) is 95.9 Å². The van der Waals surface area contributed by atoms with Gasteiger partial charge in [-0.1, -0.05) is 66.7 Å². The van der Waals surface area contributed by atoms with Gasteiger partial charge in [0.15, 0.2) is 0 Å². The molecule has 2 amide bonds. The largest absolute Gasteiger partial charge is 0.492 e. The molecular weight excluding hydrogens is 634 g/mol. The van der Waals surface area contributed by atoms with Crippen molar-refractivity contribution in [1.82, 2.24) is 15.1 Å². The van der Waals surface area contributed by atoms with E-state index in [1.807, 2.05) is 78.9 Å². The Balaban J connectivity index is 1.28. The average molecular weight is 688 g/mol. The summed E-state index contributed by atoms with van der Waals surface area (Å²) in [6.45, 7) is 11.6. The minimum atomic E-state index is -1.02. The van der Waals surface area contributed by atoms with Crippen LogP contribution in [0, 0.1) is 0 Å². The standard InChI is InChI=1S/C40H53N3O7/c1-28(42-20-22-48-23-21-42)27-49-32-16-14-30(15-17-32)26-43(38-33-13-9-8-12-31(33)25-36(38)45)37(46)19-18-35(44)34(24-29-10-6-5-7-11-29)41-39(47)50-40(2,3)4/h5-17,28,34-36,38,44-45H,18-27H2,1-4H3,(H,41,47)/t28?,34-,35-,36+,38-/m0/s1. The quantitative estimate of drug-likeness (QED) is 0.216. The van der Waals surface area contributed by atoms with Crippen molar-refractivity contribution in [2.75, 3.05) is 32.9 Å². The number of alkyl carbamates (subject to hydrolysis) is 1. The molecule has 1 aliphatic heterocycles. The summed E-state index contributed by atoms with van der Waals surface area (Å²) in [5, 5.41) is 25.5. The van der Waals surface area contributed by atoms with Crippen molar-refractivity contribution >= 4 is 12.0 Å². The van der Waals surface area contributed by atoms with Crippen molar-refractivity contribution in [1.29, 1.82) is 0 Å². The molecule has 1 fully saturated rings. The summed E-state index contributed by atoms with van der Waals surface area (Å²) in [6.07, 6.45) is -1.45. The Morgan fingerprint density at radius 2 is 1.66 bits per heavy atom. The van der Waals surface area contributed by atoms with Crippen molar-refractivity contribution in [3.63, 3.8) is 0 Å². The molecule has 2 aliphatic rings. The number of amides is 2. The van der Waals surface area contributed by atoms with Crippen molar-refractivity contribution < 1.29 is 34.0 Å². The predicted molar refractivity (Wildman–Crippen MR) is 192 cm³/mol. The normalized spacial score (nSPS) is 19.6. The van der Waals surface area contributed by atoms with Gasteiger partial charge in [-0.15, -0.1) is 0 Å². The molecular formula is C40H53N3O7. The molecule has 50 heavy (non-hydrogen) atoms. The first kappa shape index (κ1) is 37.3. The van der Waals surface area contributed by atoms with Crippen LogP contribution in [0.2, 0.25) is 0 Å². The van der Waals surface area contributed by atoms with Gasteiger partial charge < -0.3 is 34.6 Å². The first-order chi connectivity index (χ1) is 24.0. The maximum atomic E-state index is 14.1. The Hall–Kier alpha value is -3.96. The van der Waals surface area contributed by atoms with Crippen LogP contribution in [0.4, 0.5) is 4.79 Å². The lowest BCUT2D eigenvalue weighted by molar-refractivity contribution is -0.137. The second-order valence-corrected chi connectivity index (χ2v) is 14.4. The van der Waals surface area contributed by atoms with Crippen molar-refractivity contribution in [2.24, 2.45) is 0 Å². The summed E-state index contributed by atoms with van der Waals surface area (Å²) >= 11 is 0. The third-order valence-corrected chi connectivity index (χ3v) is 9.38. The lowest BCUT2D eigenvalue weighted by Crippen LogP contribution is -2.47. The molecule has 3 aromatic carbocycles. The van der Waals surface area contributed by atoms with Crippen molar-refractivity contribution in [3.8, 4) is 5.75 Å². The highest BCUT2D eigenvalue weighted by Gasteiger charge is 2.38. The number of nitrogens with zero attached hydrogens (tertiary/aromatic N) is 2. The maximum absolute atomic E-state index is 14.1. The van der Waals surface area contributed by atoms with Crippen LogP contribution in [0.15, 0.2) is 78.9 Å². The monoisotopic (exact) mass is 687 g/mol. The molecule has 1 heterocycles. The van der Waals surface area contributed by atoms with Gasteiger partial charge in [-0.3, -0.25) is 9.69 Å². The number of hydrogen-bond donors (Lipinski definition) is 3. The molecule has 0 aromatic heterocycles. The summed E-state index contributed by atoms with van der Waals surface area (Å²) in [4.78, 5) is 31.0. The molecule has 1 unspecified atom stereocenters. The Labute approximate surface area is 296 Å². The maximum Gasteiger partial charge on any atom is 0.407 e. The number of fused-ring (bicyclic) bond motifs is 1. The van der Waals surface area contributed by atoms with Crippen molar-refractivity contribution in [3.05, 3.63) is 101 Å². The van der Waals surface area contributed by atoms with Gasteiger partial charge in [0.1, 0.15) is 18.0 Å². The highest BCUT2D eigenvalue weighted by atomic mass is 16.6. The van der Waals surface area contributed by atoms with Crippen LogP contribution < -0.4 is 10.1 Å². The van der Waals surface area contributed by atoms with Gasteiger partial charge in [0, 0.05) is 38.5 Å². The van der Waals surface area contributed by atoms with Gasteiger partial charge >= 0.3 is 6.09 Å². The Morgan fingerprint density at radius 3 is 2.36 bits per heavy atom. The molecule has 5 atom stereocenters. The third-order valence-electron chi connectivity index (χ3n) is 9.38. The second kappa shape index (κ2) is 17.3.